The van der Waals surface area contributed by atoms with E-state index in [0.29, 0.717) is 24.5 Å². The molecule has 1 aromatic carbocycles. The van der Waals surface area contributed by atoms with E-state index in [1.807, 2.05) is 42.5 Å². The van der Waals surface area contributed by atoms with E-state index in [0.717, 1.165) is 18.7 Å². The molecule has 4 heterocycles. The van der Waals surface area contributed by atoms with E-state index in [9.17, 15) is 61.1 Å². The molecule has 0 saturated carbocycles. The lowest BCUT2D eigenvalue weighted by Crippen LogP contribution is -2.49. The zero-order chi connectivity index (χ0) is 45.6. The second-order valence-electron chi connectivity index (χ2n) is 11.3. The Kier molecular flexibility index (Phi) is 18.0. The van der Waals surface area contributed by atoms with Crippen molar-refractivity contribution in [2.45, 2.75) is 54.7 Å². The highest BCUT2D eigenvalue weighted by atomic mass is 32.2. The number of rotatable bonds is 4. The van der Waals surface area contributed by atoms with Crippen molar-refractivity contribution in [3.8, 4) is 5.75 Å². The second kappa shape index (κ2) is 20.8. The van der Waals surface area contributed by atoms with Crippen LogP contribution in [-0.4, -0.2) is 122 Å². The van der Waals surface area contributed by atoms with Crippen molar-refractivity contribution in [2.75, 3.05) is 19.6 Å². The molecular weight excluding hydrogens is 864 g/mol. The molecule has 1 unspecified atom stereocenters. The van der Waals surface area contributed by atoms with Crippen LogP contribution in [-0.2, 0) is 42.3 Å². The summed E-state index contributed by atoms with van der Waals surface area (Å²) in [7, 11) is -3.72. The molecule has 2 aliphatic rings. The fraction of sp³-hybridized carbons (Fsp3) is 0.355. The minimum Gasteiger partial charge on any atom is -0.483 e. The first-order chi connectivity index (χ1) is 26.8. The number of likely N-dealkylation sites (tertiary alicyclic amines) is 1. The van der Waals surface area contributed by atoms with Gasteiger partial charge in [0.1, 0.15) is 16.2 Å². The van der Waals surface area contributed by atoms with Gasteiger partial charge in [-0.2, -0.15) is 57.0 Å². The SMILES string of the molecule is O=C(O)C(F)(F)F.O=C(O)C(F)(F)F.O=C(O)C(F)(F)F.O=C(O)C(F)(F)F.O=S1(=O)c2ccccc2OC2(CCN(Cc3ccccn3)C2)CN1Cc1ccccn1. The Balaban J connectivity index is 0.000000505. The van der Waals surface area contributed by atoms with E-state index >= 15 is 0 Å². The molecule has 0 aliphatic carbocycles. The molecule has 28 heteroatoms. The molecule has 1 saturated heterocycles. The molecule has 0 radical (unpaired) electrons. The lowest BCUT2D eigenvalue weighted by molar-refractivity contribution is -0.193. The van der Waals surface area contributed by atoms with Gasteiger partial charge in [0.15, 0.2) is 0 Å². The van der Waals surface area contributed by atoms with Gasteiger partial charge in [0.25, 0.3) is 0 Å². The second-order valence-corrected chi connectivity index (χ2v) is 13.2. The Morgan fingerprint density at radius 2 is 0.983 bits per heavy atom. The van der Waals surface area contributed by atoms with Gasteiger partial charge in [-0.15, -0.1) is 0 Å². The van der Waals surface area contributed by atoms with Gasteiger partial charge in [-0.3, -0.25) is 14.9 Å². The molecule has 3 aromatic rings. The fourth-order valence-electron chi connectivity index (χ4n) is 4.37. The quantitative estimate of drug-likeness (QED) is 0.246. The Morgan fingerprint density at radius 1 is 0.610 bits per heavy atom. The first kappa shape index (κ1) is 51.2. The summed E-state index contributed by atoms with van der Waals surface area (Å²) in [5.41, 5.74) is 1.08. The van der Waals surface area contributed by atoms with E-state index in [4.69, 9.17) is 44.3 Å². The number of alkyl halides is 12. The summed E-state index contributed by atoms with van der Waals surface area (Å²) in [6.45, 7) is 2.64. The third-order valence-electron chi connectivity index (χ3n) is 6.80. The van der Waals surface area contributed by atoms with Gasteiger partial charge < -0.3 is 25.2 Å². The maximum atomic E-state index is 13.5. The predicted octanol–water partition coefficient (Wildman–Crippen LogP) is 5.24. The number of aromatic nitrogens is 2. The highest BCUT2D eigenvalue weighted by molar-refractivity contribution is 7.89. The van der Waals surface area contributed by atoms with Crippen molar-refractivity contribution in [1.29, 1.82) is 0 Å². The van der Waals surface area contributed by atoms with Crippen LogP contribution >= 0.6 is 0 Å². The average molecular weight is 893 g/mol. The van der Waals surface area contributed by atoms with Crippen LogP contribution in [0, 0.1) is 0 Å². The largest absolute Gasteiger partial charge is 0.490 e. The summed E-state index contributed by atoms with van der Waals surface area (Å²) in [5.74, 6) is -10.6. The number of hydrogen-bond donors (Lipinski definition) is 4. The standard InChI is InChI=1S/C23H24N4O3S.4C2HF3O2/c28-31(29)22-10-2-1-9-21(22)30-23(18-27(31)16-20-8-4-6-13-25-20)11-14-26(17-23)15-19-7-3-5-12-24-19;4*3-2(4,5)1(6)7/h1-10,12-13H,11,14-18H2;4*(H,6,7). The van der Waals surface area contributed by atoms with Crippen LogP contribution in [0.4, 0.5) is 52.7 Å². The van der Waals surface area contributed by atoms with Crippen LogP contribution in [0.15, 0.2) is 78.0 Å². The Labute approximate surface area is 323 Å². The minimum absolute atomic E-state index is 0.211. The smallest absolute Gasteiger partial charge is 0.483 e. The zero-order valence-corrected chi connectivity index (χ0v) is 29.9. The molecule has 0 bridgehead atoms. The lowest BCUT2D eigenvalue weighted by Gasteiger charge is -2.32. The van der Waals surface area contributed by atoms with Crippen LogP contribution in [0.25, 0.3) is 0 Å². The maximum absolute atomic E-state index is 13.5. The molecule has 15 nitrogen and oxygen atoms in total. The molecular formula is C31H28F12N4O11S. The summed E-state index contributed by atoms with van der Waals surface area (Å²) in [6.07, 6.45) is -16.1. The van der Waals surface area contributed by atoms with E-state index in [1.54, 1.807) is 30.6 Å². The molecule has 2 aliphatic heterocycles. The van der Waals surface area contributed by atoms with Gasteiger partial charge in [0, 0.05) is 38.4 Å². The molecule has 59 heavy (non-hydrogen) atoms. The Hall–Kier alpha value is -5.77. The number of benzene rings is 1. The lowest BCUT2D eigenvalue weighted by atomic mass is 10.0. The highest BCUT2D eigenvalue weighted by Gasteiger charge is 2.48. The number of carboxylic acid groups (broad SMARTS) is 4. The number of nitrogens with zero attached hydrogens (tertiary/aromatic N) is 4. The van der Waals surface area contributed by atoms with Crippen molar-refractivity contribution < 1.29 is 105 Å². The summed E-state index contributed by atoms with van der Waals surface area (Å²) in [6, 6.07) is 18.4. The van der Waals surface area contributed by atoms with Gasteiger partial charge in [-0.1, -0.05) is 24.3 Å². The number of fused-ring (bicyclic) bond motifs is 1. The fourth-order valence-corrected chi connectivity index (χ4v) is 5.97. The summed E-state index contributed by atoms with van der Waals surface area (Å²) >= 11 is 0. The number of halogens is 12. The van der Waals surface area contributed by atoms with Gasteiger partial charge in [-0.25, -0.2) is 27.6 Å². The number of pyridine rings is 2. The number of carboxylic acids is 4. The molecule has 5 rings (SSSR count). The third kappa shape index (κ3) is 17.7. The maximum Gasteiger partial charge on any atom is 0.490 e. The van der Waals surface area contributed by atoms with E-state index in [2.05, 4.69) is 14.9 Å². The molecule has 0 amide bonds. The third-order valence-corrected chi connectivity index (χ3v) is 8.63. The van der Waals surface area contributed by atoms with E-state index in [-0.39, 0.29) is 18.0 Å². The highest BCUT2D eigenvalue weighted by Crippen LogP contribution is 2.39. The van der Waals surface area contributed by atoms with Gasteiger partial charge in [0.05, 0.1) is 24.5 Å². The topological polar surface area (TPSA) is 225 Å². The zero-order valence-electron chi connectivity index (χ0n) is 29.1. The Bertz CT molecular complexity index is 1870. The monoisotopic (exact) mass is 892 g/mol. The van der Waals surface area contributed by atoms with Crippen LogP contribution < -0.4 is 4.74 Å². The van der Waals surface area contributed by atoms with Crippen molar-refractivity contribution in [3.05, 3.63) is 84.4 Å². The predicted molar refractivity (Wildman–Crippen MR) is 171 cm³/mol. The van der Waals surface area contributed by atoms with Crippen molar-refractivity contribution in [1.82, 2.24) is 19.2 Å². The van der Waals surface area contributed by atoms with E-state index < -0.39 is 64.2 Å². The number of hydrogen-bond acceptors (Lipinski definition) is 10. The number of carbonyl (C=O) groups is 4. The number of para-hydroxylation sites is 1. The van der Waals surface area contributed by atoms with Crippen molar-refractivity contribution >= 4 is 33.9 Å². The van der Waals surface area contributed by atoms with Crippen molar-refractivity contribution in [2.24, 2.45) is 0 Å². The first-order valence-corrected chi connectivity index (χ1v) is 16.8. The molecule has 1 spiro atoms. The molecule has 2 aromatic heterocycles. The molecule has 1 atom stereocenters. The minimum atomic E-state index is -5.08. The van der Waals surface area contributed by atoms with Crippen molar-refractivity contribution in [3.63, 3.8) is 0 Å². The first-order valence-electron chi connectivity index (χ1n) is 15.3. The normalized spacial score (nSPS) is 17.6. The number of ether oxygens (including phenoxy) is 1. The Morgan fingerprint density at radius 3 is 1.36 bits per heavy atom. The summed E-state index contributed by atoms with van der Waals surface area (Å²) in [5, 5.41) is 28.5. The number of sulfonamides is 1. The molecule has 1 fully saturated rings. The molecule has 328 valence electrons. The summed E-state index contributed by atoms with van der Waals surface area (Å²) < 4.78 is 162. The number of aliphatic carboxylic acids is 4. The molecule has 4 N–H and O–H groups in total. The van der Waals surface area contributed by atoms with Crippen LogP contribution in [0.1, 0.15) is 17.8 Å². The van der Waals surface area contributed by atoms with Crippen LogP contribution in [0.5, 0.6) is 5.75 Å². The van der Waals surface area contributed by atoms with Gasteiger partial charge in [-0.05, 0) is 36.4 Å². The van der Waals surface area contributed by atoms with Gasteiger partial charge >= 0.3 is 48.6 Å². The van der Waals surface area contributed by atoms with E-state index in [1.165, 1.54) is 4.31 Å². The van der Waals surface area contributed by atoms with Crippen LogP contribution in [0.3, 0.4) is 0 Å². The average Bonchev–Trinajstić information content (AvgIpc) is 3.46. The summed E-state index contributed by atoms with van der Waals surface area (Å²) in [4.78, 5) is 46.8. The van der Waals surface area contributed by atoms with Gasteiger partial charge in [0.2, 0.25) is 10.0 Å². The van der Waals surface area contributed by atoms with Crippen LogP contribution in [0.2, 0.25) is 0 Å².